The molecule has 2 aromatic rings. The molecule has 0 amide bonds. The van der Waals surface area contributed by atoms with Crippen LogP contribution in [0.2, 0.25) is 0 Å². The minimum Gasteiger partial charge on any atom is -0.397 e. The summed E-state index contributed by atoms with van der Waals surface area (Å²) in [5.41, 5.74) is 12.3. The van der Waals surface area contributed by atoms with Crippen LogP contribution in [0.5, 0.6) is 0 Å². The standard InChI is InChI=1S/C17H17N3/c18-10-12-5-7-16(19)17(9-12)20-11-13-4-6-14-2-1-3-15(14)8-13/h4-9,20H,1-3,11,19H2. The molecular formula is C17H17N3. The molecule has 0 aromatic heterocycles. The SMILES string of the molecule is N#Cc1ccc(N)c(NCc2ccc3c(c2)CCC3)c1. The van der Waals surface area contributed by atoms with Gasteiger partial charge in [-0.1, -0.05) is 18.2 Å². The van der Waals surface area contributed by atoms with Gasteiger partial charge in [-0.2, -0.15) is 5.26 Å². The maximum absolute atomic E-state index is 8.93. The summed E-state index contributed by atoms with van der Waals surface area (Å²) >= 11 is 0. The number of nitrogens with one attached hydrogen (secondary N) is 1. The second-order valence-electron chi connectivity index (χ2n) is 5.22. The van der Waals surface area contributed by atoms with E-state index in [-0.39, 0.29) is 0 Å². The molecule has 1 aliphatic carbocycles. The molecule has 3 rings (SSSR count). The minimum absolute atomic E-state index is 0.621. The highest BCUT2D eigenvalue weighted by molar-refractivity contribution is 5.68. The van der Waals surface area contributed by atoms with Gasteiger partial charge in [0.15, 0.2) is 0 Å². The first-order chi connectivity index (χ1) is 9.76. The molecular weight excluding hydrogens is 246 g/mol. The summed E-state index contributed by atoms with van der Waals surface area (Å²) in [6, 6.07) is 14.1. The second-order valence-corrected chi connectivity index (χ2v) is 5.22. The summed E-state index contributed by atoms with van der Waals surface area (Å²) in [4.78, 5) is 0. The lowest BCUT2D eigenvalue weighted by Crippen LogP contribution is -2.03. The number of nitrogens with zero attached hydrogens (tertiary/aromatic N) is 1. The lowest BCUT2D eigenvalue weighted by molar-refractivity contribution is 0.911. The van der Waals surface area contributed by atoms with Crippen LogP contribution in [0.4, 0.5) is 11.4 Å². The van der Waals surface area contributed by atoms with Crippen molar-refractivity contribution in [2.45, 2.75) is 25.8 Å². The zero-order chi connectivity index (χ0) is 13.9. The fraction of sp³-hybridized carbons (Fsp3) is 0.235. The van der Waals surface area contributed by atoms with Crippen molar-refractivity contribution in [3.8, 4) is 6.07 Å². The number of anilines is 2. The first kappa shape index (κ1) is 12.6. The molecule has 2 aromatic carbocycles. The van der Waals surface area contributed by atoms with Gasteiger partial charge in [0.25, 0.3) is 0 Å². The molecule has 0 saturated carbocycles. The maximum Gasteiger partial charge on any atom is 0.0992 e. The molecule has 0 unspecified atom stereocenters. The Balaban J connectivity index is 1.75. The molecule has 0 aliphatic heterocycles. The van der Waals surface area contributed by atoms with E-state index < -0.39 is 0 Å². The lowest BCUT2D eigenvalue weighted by atomic mass is 10.1. The Labute approximate surface area is 119 Å². The molecule has 20 heavy (non-hydrogen) atoms. The van der Waals surface area contributed by atoms with Gasteiger partial charge >= 0.3 is 0 Å². The topological polar surface area (TPSA) is 61.8 Å². The van der Waals surface area contributed by atoms with Crippen molar-refractivity contribution >= 4 is 11.4 Å². The third-order valence-electron chi connectivity index (χ3n) is 3.83. The fourth-order valence-corrected chi connectivity index (χ4v) is 2.71. The normalized spacial score (nSPS) is 12.8. The van der Waals surface area contributed by atoms with E-state index in [0.717, 1.165) is 12.2 Å². The van der Waals surface area contributed by atoms with Gasteiger partial charge in [0.05, 0.1) is 23.0 Å². The smallest absolute Gasteiger partial charge is 0.0992 e. The van der Waals surface area contributed by atoms with Crippen LogP contribution >= 0.6 is 0 Å². The summed E-state index contributed by atoms with van der Waals surface area (Å²) in [5.74, 6) is 0. The van der Waals surface area contributed by atoms with Crippen LogP contribution in [0.1, 0.15) is 28.7 Å². The van der Waals surface area contributed by atoms with Crippen LogP contribution in [0.3, 0.4) is 0 Å². The molecule has 0 fully saturated rings. The van der Waals surface area contributed by atoms with Crippen molar-refractivity contribution in [1.29, 1.82) is 5.26 Å². The number of benzene rings is 2. The average molecular weight is 263 g/mol. The molecule has 0 radical (unpaired) electrons. The van der Waals surface area contributed by atoms with E-state index in [1.165, 1.54) is 36.0 Å². The van der Waals surface area contributed by atoms with Crippen LogP contribution in [-0.4, -0.2) is 0 Å². The molecule has 1 aliphatic rings. The Hall–Kier alpha value is -2.47. The molecule has 3 nitrogen and oxygen atoms in total. The van der Waals surface area contributed by atoms with Crippen molar-refractivity contribution in [3.63, 3.8) is 0 Å². The van der Waals surface area contributed by atoms with Crippen LogP contribution < -0.4 is 11.1 Å². The Bertz CT molecular complexity index is 683. The number of fused-ring (bicyclic) bond motifs is 1. The summed E-state index contributed by atoms with van der Waals surface area (Å²) < 4.78 is 0. The summed E-state index contributed by atoms with van der Waals surface area (Å²) in [5, 5.41) is 12.2. The number of hydrogen-bond donors (Lipinski definition) is 2. The Morgan fingerprint density at radius 2 is 1.95 bits per heavy atom. The number of aryl methyl sites for hydroxylation is 2. The molecule has 0 saturated heterocycles. The van der Waals surface area contributed by atoms with Crippen molar-refractivity contribution in [2.75, 3.05) is 11.1 Å². The van der Waals surface area contributed by atoms with E-state index in [1.54, 1.807) is 18.2 Å². The molecule has 0 heterocycles. The Morgan fingerprint density at radius 1 is 1.10 bits per heavy atom. The van der Waals surface area contributed by atoms with Crippen LogP contribution in [0.25, 0.3) is 0 Å². The largest absolute Gasteiger partial charge is 0.397 e. The number of nitrogen functional groups attached to an aromatic ring is 1. The molecule has 0 bridgehead atoms. The summed E-state index contributed by atoms with van der Waals surface area (Å²) in [6.45, 7) is 0.729. The highest BCUT2D eigenvalue weighted by Crippen LogP contribution is 2.24. The van der Waals surface area contributed by atoms with Gasteiger partial charge in [0.1, 0.15) is 0 Å². The quantitative estimate of drug-likeness (QED) is 0.836. The van der Waals surface area contributed by atoms with E-state index in [1.807, 2.05) is 0 Å². The Kier molecular flexibility index (Phi) is 3.30. The predicted octanol–water partition coefficient (Wildman–Crippen LogP) is 3.24. The van der Waals surface area contributed by atoms with E-state index in [0.29, 0.717) is 11.3 Å². The predicted molar refractivity (Wildman–Crippen MR) is 81.4 cm³/mol. The van der Waals surface area contributed by atoms with Crippen molar-refractivity contribution < 1.29 is 0 Å². The minimum atomic E-state index is 0.621. The van der Waals surface area contributed by atoms with Crippen molar-refractivity contribution in [2.24, 2.45) is 0 Å². The molecule has 3 N–H and O–H groups in total. The third-order valence-corrected chi connectivity index (χ3v) is 3.83. The van der Waals surface area contributed by atoms with Gasteiger partial charge < -0.3 is 11.1 Å². The first-order valence-corrected chi connectivity index (χ1v) is 6.90. The van der Waals surface area contributed by atoms with Gasteiger partial charge in [-0.25, -0.2) is 0 Å². The number of hydrogen-bond acceptors (Lipinski definition) is 3. The Morgan fingerprint density at radius 3 is 2.80 bits per heavy atom. The van der Waals surface area contributed by atoms with Gasteiger partial charge in [-0.3, -0.25) is 0 Å². The zero-order valence-electron chi connectivity index (χ0n) is 11.3. The molecule has 3 heteroatoms. The highest BCUT2D eigenvalue weighted by atomic mass is 14.9. The van der Waals surface area contributed by atoms with E-state index in [2.05, 4.69) is 29.6 Å². The van der Waals surface area contributed by atoms with Gasteiger partial charge in [-0.15, -0.1) is 0 Å². The van der Waals surface area contributed by atoms with Crippen LogP contribution in [0.15, 0.2) is 36.4 Å². The summed E-state index contributed by atoms with van der Waals surface area (Å²) in [7, 11) is 0. The number of nitrogens with two attached hydrogens (primary N) is 1. The van der Waals surface area contributed by atoms with Crippen LogP contribution in [0, 0.1) is 11.3 Å². The average Bonchev–Trinajstić information content (AvgIpc) is 2.94. The molecule has 0 spiro atoms. The zero-order valence-corrected chi connectivity index (χ0v) is 11.3. The second kappa shape index (κ2) is 5.26. The number of nitriles is 1. The van der Waals surface area contributed by atoms with Crippen molar-refractivity contribution in [1.82, 2.24) is 0 Å². The van der Waals surface area contributed by atoms with Gasteiger partial charge in [-0.05, 0) is 54.2 Å². The molecule has 100 valence electrons. The molecule has 0 atom stereocenters. The highest BCUT2D eigenvalue weighted by Gasteiger charge is 2.10. The van der Waals surface area contributed by atoms with E-state index in [9.17, 15) is 0 Å². The van der Waals surface area contributed by atoms with E-state index in [4.69, 9.17) is 11.0 Å². The maximum atomic E-state index is 8.93. The summed E-state index contributed by atoms with van der Waals surface area (Å²) in [6.07, 6.45) is 3.67. The monoisotopic (exact) mass is 263 g/mol. The van der Waals surface area contributed by atoms with Crippen molar-refractivity contribution in [3.05, 3.63) is 58.7 Å². The van der Waals surface area contributed by atoms with Crippen LogP contribution in [-0.2, 0) is 19.4 Å². The van der Waals surface area contributed by atoms with Gasteiger partial charge in [0, 0.05) is 6.54 Å². The van der Waals surface area contributed by atoms with E-state index >= 15 is 0 Å². The number of rotatable bonds is 3. The first-order valence-electron chi connectivity index (χ1n) is 6.90. The van der Waals surface area contributed by atoms with Gasteiger partial charge in [0.2, 0.25) is 0 Å². The lowest BCUT2D eigenvalue weighted by Gasteiger charge is -2.11. The fourth-order valence-electron chi connectivity index (χ4n) is 2.71. The third kappa shape index (κ3) is 2.46.